The molecule has 0 bridgehead atoms. The van der Waals surface area contributed by atoms with E-state index in [2.05, 4.69) is 57.8 Å². The summed E-state index contributed by atoms with van der Waals surface area (Å²) >= 11 is 5.36. The Labute approximate surface area is 139 Å². The summed E-state index contributed by atoms with van der Waals surface area (Å²) in [5.74, 6) is 0. The lowest BCUT2D eigenvalue weighted by molar-refractivity contribution is 0.530. The molecule has 0 saturated heterocycles. The molecule has 1 heterocycles. The fourth-order valence-electron chi connectivity index (χ4n) is 3.12. The second kappa shape index (κ2) is 7.08. The van der Waals surface area contributed by atoms with E-state index in [9.17, 15) is 0 Å². The van der Waals surface area contributed by atoms with Crippen molar-refractivity contribution in [2.45, 2.75) is 45.1 Å². The fourth-order valence-corrected chi connectivity index (χ4v) is 4.35. The molecule has 2 aromatic rings. The highest BCUT2D eigenvalue weighted by molar-refractivity contribution is 9.11. The van der Waals surface area contributed by atoms with E-state index in [4.69, 9.17) is 0 Å². The number of nitrogens with one attached hydrogen (secondary N) is 1. The maximum absolute atomic E-state index is 3.70. The van der Waals surface area contributed by atoms with Crippen LogP contribution in [0.3, 0.4) is 0 Å². The Morgan fingerprint density at radius 3 is 2.86 bits per heavy atom. The van der Waals surface area contributed by atoms with Crippen LogP contribution in [0.25, 0.3) is 0 Å². The first kappa shape index (κ1) is 15.3. The van der Waals surface area contributed by atoms with Gasteiger partial charge >= 0.3 is 0 Å². The lowest BCUT2D eigenvalue weighted by Crippen LogP contribution is -2.23. The van der Waals surface area contributed by atoms with Crippen molar-refractivity contribution in [2.75, 3.05) is 6.54 Å². The first-order valence-electron chi connectivity index (χ1n) is 7.84. The number of rotatable bonds is 6. The van der Waals surface area contributed by atoms with Crippen LogP contribution in [0.4, 0.5) is 0 Å². The van der Waals surface area contributed by atoms with Crippen LogP contribution in [0.1, 0.15) is 48.1 Å². The largest absolute Gasteiger partial charge is 0.310 e. The Morgan fingerprint density at radius 2 is 2.10 bits per heavy atom. The Kier molecular flexibility index (Phi) is 5.15. The Hall–Kier alpha value is -0.640. The molecule has 3 heteroatoms. The molecule has 0 fully saturated rings. The SMILES string of the molecule is CCCNC(Cc1ccc2c(c1)CCC2)c1csc(Br)c1. The summed E-state index contributed by atoms with van der Waals surface area (Å²) in [4.78, 5) is 0. The summed E-state index contributed by atoms with van der Waals surface area (Å²) in [6, 6.07) is 9.78. The van der Waals surface area contributed by atoms with Gasteiger partial charge in [-0.1, -0.05) is 25.1 Å². The molecule has 1 aromatic heterocycles. The van der Waals surface area contributed by atoms with Crippen molar-refractivity contribution < 1.29 is 0 Å². The summed E-state index contributed by atoms with van der Waals surface area (Å²) in [7, 11) is 0. The van der Waals surface area contributed by atoms with Gasteiger partial charge in [-0.25, -0.2) is 0 Å². The van der Waals surface area contributed by atoms with E-state index in [1.807, 2.05) is 0 Å². The predicted octanol–water partition coefficient (Wildman–Crippen LogP) is 5.28. The molecule has 3 rings (SSSR count). The summed E-state index contributed by atoms with van der Waals surface area (Å²) < 4.78 is 1.22. The third-order valence-electron chi connectivity index (χ3n) is 4.23. The molecule has 112 valence electrons. The molecule has 1 N–H and O–H groups in total. The second-order valence-electron chi connectivity index (χ2n) is 5.85. The number of aryl methyl sites for hydroxylation is 2. The lowest BCUT2D eigenvalue weighted by atomic mass is 9.98. The first-order chi connectivity index (χ1) is 10.3. The molecule has 0 spiro atoms. The van der Waals surface area contributed by atoms with Crippen LogP contribution in [-0.2, 0) is 19.3 Å². The maximum atomic E-state index is 3.70. The van der Waals surface area contributed by atoms with Gasteiger partial charge in [-0.2, -0.15) is 0 Å². The molecular weight excluding hydrogens is 342 g/mol. The van der Waals surface area contributed by atoms with E-state index in [1.165, 1.54) is 40.6 Å². The monoisotopic (exact) mass is 363 g/mol. The smallest absolute Gasteiger partial charge is 0.0701 e. The van der Waals surface area contributed by atoms with E-state index in [0.717, 1.165) is 13.0 Å². The Morgan fingerprint density at radius 1 is 1.24 bits per heavy atom. The zero-order valence-corrected chi connectivity index (χ0v) is 14.9. The predicted molar refractivity (Wildman–Crippen MR) is 95.2 cm³/mol. The van der Waals surface area contributed by atoms with Gasteiger partial charge in [0, 0.05) is 6.04 Å². The Bertz CT molecular complexity index is 605. The molecule has 1 nitrogen and oxygen atoms in total. The zero-order valence-electron chi connectivity index (χ0n) is 12.5. The third-order valence-corrected chi connectivity index (χ3v) is 5.76. The van der Waals surface area contributed by atoms with Gasteiger partial charge in [0.2, 0.25) is 0 Å². The van der Waals surface area contributed by atoms with Crippen LogP contribution in [0.15, 0.2) is 33.4 Å². The number of fused-ring (bicyclic) bond motifs is 1. The van der Waals surface area contributed by atoms with Crippen molar-refractivity contribution in [3.05, 3.63) is 55.7 Å². The highest BCUT2D eigenvalue weighted by Gasteiger charge is 2.16. The maximum Gasteiger partial charge on any atom is 0.0701 e. The standard InChI is InChI=1S/C18H22BrNS/c1-2-8-20-17(16-11-18(19)21-12-16)10-13-6-7-14-4-3-5-15(14)9-13/h6-7,9,11-12,17,20H,2-5,8,10H2,1H3. The number of thiophene rings is 1. The van der Waals surface area contributed by atoms with Crippen LogP contribution >= 0.6 is 27.3 Å². The third kappa shape index (κ3) is 3.77. The van der Waals surface area contributed by atoms with E-state index >= 15 is 0 Å². The van der Waals surface area contributed by atoms with Crippen molar-refractivity contribution in [1.29, 1.82) is 0 Å². The fraction of sp³-hybridized carbons (Fsp3) is 0.444. The summed E-state index contributed by atoms with van der Waals surface area (Å²) in [6.07, 6.45) is 6.11. The van der Waals surface area contributed by atoms with Crippen molar-refractivity contribution in [2.24, 2.45) is 0 Å². The average Bonchev–Trinajstić information content (AvgIpc) is 3.11. The van der Waals surface area contributed by atoms with Crippen LogP contribution in [0.5, 0.6) is 0 Å². The van der Waals surface area contributed by atoms with Crippen molar-refractivity contribution in [3.8, 4) is 0 Å². The summed E-state index contributed by atoms with van der Waals surface area (Å²) in [5, 5.41) is 5.97. The van der Waals surface area contributed by atoms with Gasteiger partial charge in [0.25, 0.3) is 0 Å². The van der Waals surface area contributed by atoms with Crippen LogP contribution in [-0.4, -0.2) is 6.54 Å². The van der Waals surface area contributed by atoms with E-state index in [-0.39, 0.29) is 0 Å². The molecule has 1 aromatic carbocycles. The van der Waals surface area contributed by atoms with E-state index in [1.54, 1.807) is 22.5 Å². The van der Waals surface area contributed by atoms with Crippen LogP contribution in [0, 0.1) is 0 Å². The first-order valence-corrected chi connectivity index (χ1v) is 9.51. The number of hydrogen-bond donors (Lipinski definition) is 1. The van der Waals surface area contributed by atoms with Gasteiger partial charge in [-0.05, 0) is 88.3 Å². The van der Waals surface area contributed by atoms with E-state index < -0.39 is 0 Å². The van der Waals surface area contributed by atoms with E-state index in [0.29, 0.717) is 6.04 Å². The molecule has 1 unspecified atom stereocenters. The molecule has 1 aliphatic rings. The molecule has 0 amide bonds. The molecular formula is C18H22BrNS. The topological polar surface area (TPSA) is 12.0 Å². The lowest BCUT2D eigenvalue weighted by Gasteiger charge is -2.18. The summed E-state index contributed by atoms with van der Waals surface area (Å²) in [6.45, 7) is 3.30. The van der Waals surface area contributed by atoms with Crippen LogP contribution in [0.2, 0.25) is 0 Å². The highest BCUT2D eigenvalue weighted by atomic mass is 79.9. The highest BCUT2D eigenvalue weighted by Crippen LogP contribution is 2.29. The minimum Gasteiger partial charge on any atom is -0.310 e. The molecule has 21 heavy (non-hydrogen) atoms. The molecule has 0 radical (unpaired) electrons. The number of halogens is 1. The van der Waals surface area contributed by atoms with Crippen molar-refractivity contribution >= 4 is 27.3 Å². The quantitative estimate of drug-likeness (QED) is 0.735. The van der Waals surface area contributed by atoms with Gasteiger partial charge < -0.3 is 5.32 Å². The summed E-state index contributed by atoms with van der Waals surface area (Å²) in [5.41, 5.74) is 6.01. The number of hydrogen-bond acceptors (Lipinski definition) is 2. The molecule has 0 aliphatic heterocycles. The minimum atomic E-state index is 0.423. The van der Waals surface area contributed by atoms with Crippen LogP contribution < -0.4 is 5.32 Å². The van der Waals surface area contributed by atoms with Gasteiger partial charge in [-0.3, -0.25) is 0 Å². The van der Waals surface area contributed by atoms with Gasteiger partial charge in [-0.15, -0.1) is 11.3 Å². The zero-order chi connectivity index (χ0) is 14.7. The Balaban J connectivity index is 1.77. The van der Waals surface area contributed by atoms with Gasteiger partial charge in [0.15, 0.2) is 0 Å². The minimum absolute atomic E-state index is 0.423. The van der Waals surface area contributed by atoms with Gasteiger partial charge in [0.05, 0.1) is 3.79 Å². The molecule has 0 saturated carbocycles. The van der Waals surface area contributed by atoms with Crippen molar-refractivity contribution in [1.82, 2.24) is 5.32 Å². The van der Waals surface area contributed by atoms with Crippen molar-refractivity contribution in [3.63, 3.8) is 0 Å². The normalized spacial score (nSPS) is 15.1. The average molecular weight is 364 g/mol. The molecule has 1 aliphatic carbocycles. The van der Waals surface area contributed by atoms with Gasteiger partial charge in [0.1, 0.15) is 0 Å². The second-order valence-corrected chi connectivity index (χ2v) is 8.14. The molecule has 1 atom stereocenters. The number of benzene rings is 1.